The number of benzene rings is 1. The number of amides is 4. The van der Waals surface area contributed by atoms with Crippen molar-refractivity contribution in [2.45, 2.75) is 26.3 Å². The predicted octanol–water partition coefficient (Wildman–Crippen LogP) is 0.789. The second-order valence-corrected chi connectivity index (χ2v) is 4.51. The Bertz CT molecular complexity index is 513. The van der Waals surface area contributed by atoms with Gasteiger partial charge in [-0.05, 0) is 37.6 Å². The molecule has 114 valence electrons. The molecular weight excluding hydrogens is 274 g/mol. The molecule has 0 unspecified atom stereocenters. The molecule has 1 rings (SSSR count). The third-order valence-electron chi connectivity index (χ3n) is 2.75. The van der Waals surface area contributed by atoms with Crippen molar-refractivity contribution in [2.24, 2.45) is 5.73 Å². The third kappa shape index (κ3) is 5.94. The minimum atomic E-state index is -0.560. The maximum Gasteiger partial charge on any atom is 0.321 e. The molecule has 1 atom stereocenters. The first-order valence-corrected chi connectivity index (χ1v) is 6.55. The normalized spacial score (nSPS) is 11.3. The summed E-state index contributed by atoms with van der Waals surface area (Å²) in [4.78, 5) is 33.8. The highest BCUT2D eigenvalue weighted by atomic mass is 16.5. The maximum absolute atomic E-state index is 11.5. The van der Waals surface area contributed by atoms with Crippen LogP contribution in [0.4, 0.5) is 4.79 Å². The van der Waals surface area contributed by atoms with Crippen molar-refractivity contribution < 1.29 is 19.1 Å². The summed E-state index contributed by atoms with van der Waals surface area (Å²) in [6, 6.07) is 5.46. The van der Waals surface area contributed by atoms with E-state index in [1.165, 1.54) is 24.3 Å². The van der Waals surface area contributed by atoms with Gasteiger partial charge in [-0.3, -0.25) is 14.9 Å². The van der Waals surface area contributed by atoms with Crippen LogP contribution in [0.15, 0.2) is 24.3 Å². The molecule has 7 heteroatoms. The summed E-state index contributed by atoms with van der Waals surface area (Å²) in [6.07, 6.45) is 0.768. The van der Waals surface area contributed by atoms with E-state index in [0.29, 0.717) is 11.3 Å². The summed E-state index contributed by atoms with van der Waals surface area (Å²) in [5.41, 5.74) is 5.45. The minimum Gasteiger partial charge on any atom is -0.484 e. The highest BCUT2D eigenvalue weighted by molar-refractivity contribution is 5.95. The number of primary amides is 1. The first kappa shape index (κ1) is 16.5. The third-order valence-corrected chi connectivity index (χ3v) is 2.75. The molecule has 7 nitrogen and oxygen atoms in total. The van der Waals surface area contributed by atoms with Crippen molar-refractivity contribution in [1.29, 1.82) is 0 Å². The van der Waals surface area contributed by atoms with Crippen LogP contribution in [-0.4, -0.2) is 30.5 Å². The van der Waals surface area contributed by atoms with E-state index in [1.807, 2.05) is 13.8 Å². The predicted molar refractivity (Wildman–Crippen MR) is 76.9 cm³/mol. The topological polar surface area (TPSA) is 111 Å². The monoisotopic (exact) mass is 293 g/mol. The summed E-state index contributed by atoms with van der Waals surface area (Å²) >= 11 is 0. The van der Waals surface area contributed by atoms with Gasteiger partial charge in [0, 0.05) is 11.6 Å². The van der Waals surface area contributed by atoms with E-state index in [4.69, 9.17) is 10.5 Å². The number of hydrogen-bond acceptors (Lipinski definition) is 4. The average Bonchev–Trinajstić information content (AvgIpc) is 2.45. The first-order chi connectivity index (χ1) is 9.92. The highest BCUT2D eigenvalue weighted by Crippen LogP contribution is 2.11. The zero-order valence-corrected chi connectivity index (χ0v) is 12.0. The van der Waals surface area contributed by atoms with E-state index in [2.05, 4.69) is 10.6 Å². The molecule has 0 heterocycles. The van der Waals surface area contributed by atoms with E-state index in [0.717, 1.165) is 6.42 Å². The Balaban J connectivity index is 2.39. The van der Waals surface area contributed by atoms with E-state index < -0.39 is 17.8 Å². The quantitative estimate of drug-likeness (QED) is 0.720. The molecule has 0 aromatic heterocycles. The summed E-state index contributed by atoms with van der Waals surface area (Å²) in [5, 5.41) is 4.76. The van der Waals surface area contributed by atoms with E-state index in [-0.39, 0.29) is 12.6 Å². The van der Waals surface area contributed by atoms with Gasteiger partial charge in [0.25, 0.3) is 5.91 Å². The Morgan fingerprint density at radius 2 is 1.86 bits per heavy atom. The lowest BCUT2D eigenvalue weighted by Gasteiger charge is -2.12. The van der Waals surface area contributed by atoms with Gasteiger partial charge in [-0.2, -0.15) is 0 Å². The van der Waals surface area contributed by atoms with Crippen molar-refractivity contribution in [3.63, 3.8) is 0 Å². The van der Waals surface area contributed by atoms with Crippen molar-refractivity contribution in [3.8, 4) is 5.75 Å². The van der Waals surface area contributed by atoms with Crippen LogP contribution in [0.5, 0.6) is 5.75 Å². The van der Waals surface area contributed by atoms with Crippen LogP contribution < -0.4 is 21.1 Å². The molecule has 4 amide bonds. The zero-order valence-electron chi connectivity index (χ0n) is 12.0. The Morgan fingerprint density at radius 3 is 2.38 bits per heavy atom. The second-order valence-electron chi connectivity index (χ2n) is 4.51. The Labute approximate surface area is 122 Å². The molecule has 0 aliphatic carbocycles. The van der Waals surface area contributed by atoms with Gasteiger partial charge < -0.3 is 15.8 Å². The SMILES string of the molecule is CC[C@H](C)NC(=O)NC(=O)COc1ccc(C(N)=O)cc1. The Morgan fingerprint density at radius 1 is 1.24 bits per heavy atom. The Hall–Kier alpha value is -2.57. The molecule has 0 bridgehead atoms. The Kier molecular flexibility index (Phi) is 6.19. The molecule has 4 N–H and O–H groups in total. The number of carbonyl (C=O) groups is 3. The van der Waals surface area contributed by atoms with Gasteiger partial charge in [0.15, 0.2) is 6.61 Å². The second kappa shape index (κ2) is 7.88. The number of nitrogens with one attached hydrogen (secondary N) is 2. The summed E-state index contributed by atoms with van der Waals surface area (Å²) in [6.45, 7) is 3.45. The minimum absolute atomic E-state index is 0.0138. The number of hydrogen-bond donors (Lipinski definition) is 3. The molecule has 0 spiro atoms. The van der Waals surface area contributed by atoms with Crippen molar-refractivity contribution in [3.05, 3.63) is 29.8 Å². The van der Waals surface area contributed by atoms with Crippen LogP contribution in [0, 0.1) is 0 Å². The highest BCUT2D eigenvalue weighted by Gasteiger charge is 2.10. The number of urea groups is 1. The van der Waals surface area contributed by atoms with Gasteiger partial charge in [0.2, 0.25) is 5.91 Å². The average molecular weight is 293 g/mol. The molecular formula is C14H19N3O4. The molecule has 0 aliphatic rings. The van der Waals surface area contributed by atoms with Crippen LogP contribution >= 0.6 is 0 Å². The lowest BCUT2D eigenvalue weighted by molar-refractivity contribution is -0.122. The van der Waals surface area contributed by atoms with Gasteiger partial charge in [0.1, 0.15) is 5.75 Å². The first-order valence-electron chi connectivity index (χ1n) is 6.55. The molecule has 0 fully saturated rings. The van der Waals surface area contributed by atoms with Crippen molar-refractivity contribution >= 4 is 17.8 Å². The summed E-state index contributed by atoms with van der Waals surface area (Å²) in [7, 11) is 0. The van der Waals surface area contributed by atoms with E-state index in [9.17, 15) is 14.4 Å². The van der Waals surface area contributed by atoms with Crippen LogP contribution in [0.2, 0.25) is 0 Å². The van der Waals surface area contributed by atoms with Gasteiger partial charge in [-0.15, -0.1) is 0 Å². The molecule has 0 saturated heterocycles. The van der Waals surface area contributed by atoms with Gasteiger partial charge in [0.05, 0.1) is 0 Å². The number of carbonyl (C=O) groups excluding carboxylic acids is 3. The molecule has 0 aliphatic heterocycles. The summed E-state index contributed by atoms with van der Waals surface area (Å²) < 4.78 is 5.19. The molecule has 1 aromatic rings. The number of ether oxygens (including phenoxy) is 1. The lowest BCUT2D eigenvalue weighted by atomic mass is 10.2. The zero-order chi connectivity index (χ0) is 15.8. The molecule has 1 aromatic carbocycles. The number of rotatable bonds is 6. The van der Waals surface area contributed by atoms with E-state index >= 15 is 0 Å². The van der Waals surface area contributed by atoms with Crippen LogP contribution in [0.1, 0.15) is 30.6 Å². The fraction of sp³-hybridized carbons (Fsp3) is 0.357. The van der Waals surface area contributed by atoms with Crippen LogP contribution in [0.25, 0.3) is 0 Å². The number of nitrogens with two attached hydrogens (primary N) is 1. The van der Waals surface area contributed by atoms with Crippen molar-refractivity contribution in [1.82, 2.24) is 10.6 Å². The summed E-state index contributed by atoms with van der Waals surface area (Å²) in [5.74, 6) is -0.701. The standard InChI is InChI=1S/C14H19N3O4/c1-3-9(2)16-14(20)17-12(18)8-21-11-6-4-10(5-7-11)13(15)19/h4-7,9H,3,8H2,1-2H3,(H2,15,19)(H2,16,17,18,20)/t9-/m0/s1. The lowest BCUT2D eigenvalue weighted by Crippen LogP contribution is -2.44. The maximum atomic E-state index is 11.5. The smallest absolute Gasteiger partial charge is 0.321 e. The van der Waals surface area contributed by atoms with Gasteiger partial charge in [-0.25, -0.2) is 4.79 Å². The molecule has 21 heavy (non-hydrogen) atoms. The fourth-order valence-electron chi connectivity index (χ4n) is 1.39. The molecule has 0 radical (unpaired) electrons. The fourth-order valence-corrected chi connectivity index (χ4v) is 1.39. The van der Waals surface area contributed by atoms with E-state index in [1.54, 1.807) is 0 Å². The largest absolute Gasteiger partial charge is 0.484 e. The number of imide groups is 1. The van der Waals surface area contributed by atoms with Crippen LogP contribution in [-0.2, 0) is 4.79 Å². The van der Waals surface area contributed by atoms with Gasteiger partial charge >= 0.3 is 6.03 Å². The van der Waals surface area contributed by atoms with Crippen molar-refractivity contribution in [2.75, 3.05) is 6.61 Å². The van der Waals surface area contributed by atoms with Gasteiger partial charge in [-0.1, -0.05) is 6.92 Å². The van der Waals surface area contributed by atoms with Crippen LogP contribution in [0.3, 0.4) is 0 Å². The molecule has 0 saturated carbocycles.